The number of carbonyl (C=O) groups is 1. The van der Waals surface area contributed by atoms with Crippen LogP contribution in [0, 0.1) is 13.8 Å². The molecule has 0 aliphatic heterocycles. The summed E-state index contributed by atoms with van der Waals surface area (Å²) in [6.07, 6.45) is 0. The highest BCUT2D eigenvalue weighted by atomic mass is 16.5. The van der Waals surface area contributed by atoms with E-state index < -0.39 is 0 Å². The molecule has 4 nitrogen and oxygen atoms in total. The van der Waals surface area contributed by atoms with Gasteiger partial charge in [0.25, 0.3) is 5.91 Å². The van der Waals surface area contributed by atoms with Gasteiger partial charge in [-0.15, -0.1) is 0 Å². The summed E-state index contributed by atoms with van der Waals surface area (Å²) in [5.41, 5.74) is 5.11. The first-order chi connectivity index (χ1) is 12.6. The summed E-state index contributed by atoms with van der Waals surface area (Å²) in [6.45, 7) is 3.98. The maximum absolute atomic E-state index is 12.2. The minimum absolute atomic E-state index is 0.0287. The van der Waals surface area contributed by atoms with Crippen molar-refractivity contribution in [3.8, 4) is 5.75 Å². The second-order valence-corrected chi connectivity index (χ2v) is 6.53. The molecule has 0 aliphatic carbocycles. The van der Waals surface area contributed by atoms with Crippen LogP contribution >= 0.6 is 0 Å². The maximum Gasteiger partial charge on any atom is 0.262 e. The molecule has 0 bridgehead atoms. The number of aromatic amines is 1. The summed E-state index contributed by atoms with van der Waals surface area (Å²) in [7, 11) is 0. The van der Waals surface area contributed by atoms with Crippen LogP contribution in [0.2, 0.25) is 0 Å². The second kappa shape index (κ2) is 6.56. The number of nitrogens with one attached hydrogen (secondary N) is 2. The molecular formula is C22H20N2O2. The quantitative estimate of drug-likeness (QED) is 0.550. The Morgan fingerprint density at radius 2 is 1.77 bits per heavy atom. The molecule has 0 saturated heterocycles. The molecule has 4 heteroatoms. The Morgan fingerprint density at radius 1 is 0.962 bits per heavy atom. The van der Waals surface area contributed by atoms with Crippen molar-refractivity contribution in [3.63, 3.8) is 0 Å². The lowest BCUT2D eigenvalue weighted by Crippen LogP contribution is -2.20. The van der Waals surface area contributed by atoms with Crippen molar-refractivity contribution in [2.45, 2.75) is 13.8 Å². The molecule has 0 aliphatic rings. The molecule has 0 atom stereocenters. The predicted octanol–water partition coefficient (Wildman–Crippen LogP) is 4.96. The van der Waals surface area contributed by atoms with Crippen LogP contribution < -0.4 is 10.1 Å². The maximum atomic E-state index is 12.2. The fourth-order valence-corrected chi connectivity index (χ4v) is 3.21. The Morgan fingerprint density at radius 3 is 2.62 bits per heavy atom. The molecule has 130 valence electrons. The minimum Gasteiger partial charge on any atom is -0.484 e. The molecule has 1 heterocycles. The van der Waals surface area contributed by atoms with Crippen molar-refractivity contribution < 1.29 is 9.53 Å². The summed E-state index contributed by atoms with van der Waals surface area (Å²) >= 11 is 0. The van der Waals surface area contributed by atoms with E-state index in [1.165, 1.54) is 10.9 Å². The van der Waals surface area contributed by atoms with Crippen LogP contribution in [0.1, 0.15) is 11.1 Å². The van der Waals surface area contributed by atoms with Gasteiger partial charge in [0, 0.05) is 28.0 Å². The molecule has 0 unspecified atom stereocenters. The highest BCUT2D eigenvalue weighted by Crippen LogP contribution is 2.28. The molecule has 0 radical (unpaired) electrons. The van der Waals surface area contributed by atoms with Crippen molar-refractivity contribution in [2.75, 3.05) is 11.9 Å². The van der Waals surface area contributed by atoms with Gasteiger partial charge in [-0.25, -0.2) is 0 Å². The molecule has 1 aromatic heterocycles. The van der Waals surface area contributed by atoms with E-state index in [1.807, 2.05) is 68.4 Å². The lowest BCUT2D eigenvalue weighted by Gasteiger charge is -2.10. The van der Waals surface area contributed by atoms with E-state index in [2.05, 4.69) is 16.4 Å². The van der Waals surface area contributed by atoms with Crippen LogP contribution in [0.5, 0.6) is 5.75 Å². The van der Waals surface area contributed by atoms with Gasteiger partial charge in [0.2, 0.25) is 0 Å². The van der Waals surface area contributed by atoms with E-state index in [0.29, 0.717) is 5.75 Å². The van der Waals surface area contributed by atoms with Crippen LogP contribution in [0.25, 0.3) is 21.8 Å². The van der Waals surface area contributed by atoms with Crippen molar-refractivity contribution in [1.82, 2.24) is 4.98 Å². The number of para-hydroxylation sites is 1. The molecule has 1 amide bonds. The number of H-pyrrole nitrogens is 1. The summed E-state index contributed by atoms with van der Waals surface area (Å²) in [5.74, 6) is 0.494. The van der Waals surface area contributed by atoms with Gasteiger partial charge in [-0.3, -0.25) is 4.79 Å². The van der Waals surface area contributed by atoms with Crippen molar-refractivity contribution >= 4 is 33.4 Å². The van der Waals surface area contributed by atoms with Crippen LogP contribution in [-0.2, 0) is 4.79 Å². The van der Waals surface area contributed by atoms with E-state index in [4.69, 9.17) is 4.74 Å². The Kier molecular flexibility index (Phi) is 4.09. The summed E-state index contributed by atoms with van der Waals surface area (Å²) in [6, 6.07) is 20.0. The van der Waals surface area contributed by atoms with Gasteiger partial charge in [0.05, 0.1) is 5.52 Å². The lowest BCUT2D eigenvalue weighted by atomic mass is 10.1. The standard InChI is InChI=1S/C22H20N2O2/c1-14-7-10-19(15(2)11-14)24-22(25)13-26-16-8-9-18-17-5-3-4-6-20(17)23-21(18)12-16/h3-12,23H,13H2,1-2H3,(H,24,25). The average Bonchev–Trinajstić information content (AvgIpc) is 3.00. The number of benzene rings is 3. The number of carbonyl (C=O) groups excluding carboxylic acids is 1. The largest absolute Gasteiger partial charge is 0.484 e. The van der Waals surface area contributed by atoms with Crippen LogP contribution in [-0.4, -0.2) is 17.5 Å². The van der Waals surface area contributed by atoms with Gasteiger partial charge in [-0.2, -0.15) is 0 Å². The molecule has 0 fully saturated rings. The second-order valence-electron chi connectivity index (χ2n) is 6.53. The van der Waals surface area contributed by atoms with E-state index in [9.17, 15) is 4.79 Å². The third-order valence-corrected chi connectivity index (χ3v) is 4.50. The minimum atomic E-state index is -0.173. The predicted molar refractivity (Wildman–Crippen MR) is 106 cm³/mol. The molecule has 0 spiro atoms. The van der Waals surface area contributed by atoms with E-state index >= 15 is 0 Å². The molecule has 3 aromatic carbocycles. The zero-order chi connectivity index (χ0) is 18.1. The van der Waals surface area contributed by atoms with Gasteiger partial charge in [0.15, 0.2) is 6.61 Å². The third kappa shape index (κ3) is 3.14. The first-order valence-electron chi connectivity index (χ1n) is 8.60. The van der Waals surface area contributed by atoms with Gasteiger partial charge >= 0.3 is 0 Å². The number of hydrogen-bond donors (Lipinski definition) is 2. The highest BCUT2D eigenvalue weighted by Gasteiger charge is 2.08. The Bertz CT molecular complexity index is 1110. The molecule has 2 N–H and O–H groups in total. The average molecular weight is 344 g/mol. The fourth-order valence-electron chi connectivity index (χ4n) is 3.21. The van der Waals surface area contributed by atoms with Crippen molar-refractivity contribution in [3.05, 3.63) is 71.8 Å². The van der Waals surface area contributed by atoms with Gasteiger partial charge in [-0.1, -0.05) is 35.9 Å². The first kappa shape index (κ1) is 16.2. The summed E-state index contributed by atoms with van der Waals surface area (Å²) < 4.78 is 5.68. The molecule has 4 aromatic rings. The van der Waals surface area contributed by atoms with E-state index in [0.717, 1.165) is 27.7 Å². The van der Waals surface area contributed by atoms with Crippen LogP contribution in [0.15, 0.2) is 60.7 Å². The number of rotatable bonds is 4. The van der Waals surface area contributed by atoms with Gasteiger partial charge in [0.1, 0.15) is 5.75 Å². The zero-order valence-corrected chi connectivity index (χ0v) is 14.8. The lowest BCUT2D eigenvalue weighted by molar-refractivity contribution is -0.118. The third-order valence-electron chi connectivity index (χ3n) is 4.50. The summed E-state index contributed by atoms with van der Waals surface area (Å²) in [4.78, 5) is 15.6. The number of aromatic nitrogens is 1. The number of aryl methyl sites for hydroxylation is 2. The number of fused-ring (bicyclic) bond motifs is 3. The molecule has 4 rings (SSSR count). The topological polar surface area (TPSA) is 54.1 Å². The Balaban J connectivity index is 1.47. The van der Waals surface area contributed by atoms with Gasteiger partial charge < -0.3 is 15.0 Å². The first-order valence-corrected chi connectivity index (χ1v) is 8.60. The molecule has 0 saturated carbocycles. The van der Waals surface area contributed by atoms with Crippen molar-refractivity contribution in [2.24, 2.45) is 0 Å². The van der Waals surface area contributed by atoms with Crippen molar-refractivity contribution in [1.29, 1.82) is 0 Å². The fraction of sp³-hybridized carbons (Fsp3) is 0.136. The van der Waals surface area contributed by atoms with Crippen LogP contribution in [0.4, 0.5) is 5.69 Å². The van der Waals surface area contributed by atoms with Crippen LogP contribution in [0.3, 0.4) is 0 Å². The SMILES string of the molecule is Cc1ccc(NC(=O)COc2ccc3c(c2)[nH]c2ccccc23)c(C)c1. The monoisotopic (exact) mass is 344 g/mol. The zero-order valence-electron chi connectivity index (χ0n) is 14.8. The number of amides is 1. The molecular weight excluding hydrogens is 324 g/mol. The number of ether oxygens (including phenoxy) is 1. The van der Waals surface area contributed by atoms with Gasteiger partial charge in [-0.05, 0) is 43.7 Å². The molecule has 26 heavy (non-hydrogen) atoms. The van der Waals surface area contributed by atoms with E-state index in [1.54, 1.807) is 0 Å². The number of anilines is 1. The Labute approximate surface area is 151 Å². The Hall–Kier alpha value is -3.27. The summed E-state index contributed by atoms with van der Waals surface area (Å²) in [5, 5.41) is 5.22. The smallest absolute Gasteiger partial charge is 0.262 e. The number of hydrogen-bond acceptors (Lipinski definition) is 2. The normalized spacial score (nSPS) is 11.0. The van der Waals surface area contributed by atoms with E-state index in [-0.39, 0.29) is 12.5 Å². The highest BCUT2D eigenvalue weighted by molar-refractivity contribution is 6.07.